The van der Waals surface area contributed by atoms with Gasteiger partial charge in [-0.05, 0) is 42.7 Å². The van der Waals surface area contributed by atoms with E-state index >= 15 is 0 Å². The molecule has 6 heteroatoms. The predicted molar refractivity (Wildman–Crippen MR) is 119 cm³/mol. The number of para-hydroxylation sites is 1. The summed E-state index contributed by atoms with van der Waals surface area (Å²) in [5.74, 6) is -1.38. The molecule has 2 N–H and O–H groups in total. The van der Waals surface area contributed by atoms with Crippen LogP contribution in [0.15, 0.2) is 78.9 Å². The molecule has 0 unspecified atom stereocenters. The van der Waals surface area contributed by atoms with Crippen LogP contribution in [-0.2, 0) is 16.0 Å². The van der Waals surface area contributed by atoms with Crippen LogP contribution >= 0.6 is 0 Å². The maximum atomic E-state index is 12.6. The van der Waals surface area contributed by atoms with Crippen molar-refractivity contribution in [3.63, 3.8) is 0 Å². The summed E-state index contributed by atoms with van der Waals surface area (Å²) < 4.78 is 5.11. The first kappa shape index (κ1) is 21.8. The molecule has 0 aliphatic rings. The lowest BCUT2D eigenvalue weighted by Gasteiger charge is -2.12. The summed E-state index contributed by atoms with van der Waals surface area (Å²) in [6, 6.07) is 23.5. The molecule has 0 spiro atoms. The van der Waals surface area contributed by atoms with Crippen LogP contribution in [0.25, 0.3) is 0 Å². The van der Waals surface area contributed by atoms with E-state index in [9.17, 15) is 14.4 Å². The molecule has 0 aliphatic heterocycles. The summed E-state index contributed by atoms with van der Waals surface area (Å²) in [4.78, 5) is 37.0. The number of benzene rings is 3. The summed E-state index contributed by atoms with van der Waals surface area (Å²) in [7, 11) is 0. The normalized spacial score (nSPS) is 10.2. The Morgan fingerprint density at radius 3 is 2.19 bits per heavy atom. The van der Waals surface area contributed by atoms with Crippen LogP contribution in [0.2, 0.25) is 0 Å². The van der Waals surface area contributed by atoms with Crippen molar-refractivity contribution in [2.45, 2.75) is 13.3 Å². The first-order valence-corrected chi connectivity index (χ1v) is 9.98. The largest absolute Gasteiger partial charge is 0.452 e. The zero-order valence-corrected chi connectivity index (χ0v) is 17.3. The molecule has 3 rings (SSSR count). The van der Waals surface area contributed by atoms with Crippen molar-refractivity contribution in [3.05, 3.63) is 101 Å². The molecule has 158 valence electrons. The summed E-state index contributed by atoms with van der Waals surface area (Å²) in [5, 5.41) is 5.51. The van der Waals surface area contributed by atoms with E-state index in [0.29, 0.717) is 29.8 Å². The van der Waals surface area contributed by atoms with Gasteiger partial charge in [0.05, 0.1) is 16.8 Å². The van der Waals surface area contributed by atoms with E-state index in [4.69, 9.17) is 4.74 Å². The number of amides is 2. The van der Waals surface area contributed by atoms with Crippen molar-refractivity contribution in [2.24, 2.45) is 0 Å². The summed E-state index contributed by atoms with van der Waals surface area (Å²) in [6.45, 7) is 1.82. The summed E-state index contributed by atoms with van der Waals surface area (Å²) >= 11 is 0. The van der Waals surface area contributed by atoms with E-state index in [0.717, 1.165) is 11.1 Å². The van der Waals surface area contributed by atoms with Crippen LogP contribution in [0, 0.1) is 6.92 Å². The second-order valence-corrected chi connectivity index (χ2v) is 6.98. The molecule has 31 heavy (non-hydrogen) atoms. The molecular weight excluding hydrogens is 392 g/mol. The number of ether oxygens (including phenoxy) is 1. The van der Waals surface area contributed by atoms with E-state index in [2.05, 4.69) is 10.6 Å². The number of aryl methyl sites for hydroxylation is 1. The van der Waals surface area contributed by atoms with Gasteiger partial charge < -0.3 is 15.4 Å². The van der Waals surface area contributed by atoms with Crippen molar-refractivity contribution in [3.8, 4) is 0 Å². The van der Waals surface area contributed by atoms with Gasteiger partial charge in [0.1, 0.15) is 0 Å². The Balaban J connectivity index is 1.54. The van der Waals surface area contributed by atoms with E-state index in [-0.39, 0.29) is 5.91 Å². The van der Waals surface area contributed by atoms with E-state index in [1.54, 1.807) is 49.4 Å². The highest BCUT2D eigenvalue weighted by atomic mass is 16.5. The van der Waals surface area contributed by atoms with Gasteiger partial charge in [-0.15, -0.1) is 0 Å². The highest BCUT2D eigenvalue weighted by Gasteiger charge is 2.15. The van der Waals surface area contributed by atoms with Crippen molar-refractivity contribution < 1.29 is 19.1 Å². The number of nitrogens with one attached hydrogen (secondary N) is 2. The van der Waals surface area contributed by atoms with Crippen molar-refractivity contribution in [2.75, 3.05) is 18.5 Å². The third-order valence-electron chi connectivity index (χ3n) is 4.69. The zero-order chi connectivity index (χ0) is 22.1. The topological polar surface area (TPSA) is 84.5 Å². The van der Waals surface area contributed by atoms with Crippen LogP contribution in [0.4, 0.5) is 5.69 Å². The number of anilines is 1. The first-order chi connectivity index (χ1) is 15.0. The van der Waals surface area contributed by atoms with Crippen LogP contribution in [-0.4, -0.2) is 30.9 Å². The fourth-order valence-corrected chi connectivity index (χ4v) is 3.05. The van der Waals surface area contributed by atoms with Gasteiger partial charge in [0.2, 0.25) is 0 Å². The third kappa shape index (κ3) is 6.27. The second-order valence-electron chi connectivity index (χ2n) is 6.98. The molecule has 0 atom stereocenters. The van der Waals surface area contributed by atoms with Gasteiger partial charge >= 0.3 is 5.97 Å². The van der Waals surface area contributed by atoms with E-state index in [1.165, 1.54) is 0 Å². The molecule has 0 radical (unpaired) electrons. The summed E-state index contributed by atoms with van der Waals surface area (Å²) in [6.07, 6.45) is 0.704. The van der Waals surface area contributed by atoms with Gasteiger partial charge in [-0.1, -0.05) is 60.7 Å². The maximum Gasteiger partial charge on any atom is 0.338 e. The van der Waals surface area contributed by atoms with E-state index < -0.39 is 18.5 Å². The fraction of sp³-hybridized carbons (Fsp3) is 0.160. The van der Waals surface area contributed by atoms with Gasteiger partial charge in [0, 0.05) is 6.54 Å². The van der Waals surface area contributed by atoms with Crippen LogP contribution in [0.5, 0.6) is 0 Å². The highest BCUT2D eigenvalue weighted by molar-refractivity contribution is 6.04. The number of hydrogen-bond acceptors (Lipinski definition) is 4. The predicted octanol–water partition coefficient (Wildman–Crippen LogP) is 3.76. The number of esters is 1. The SMILES string of the molecule is Cc1ccccc1C(=O)OCC(=O)Nc1ccccc1C(=O)NCCc1ccccc1. The van der Waals surface area contributed by atoms with Gasteiger partial charge in [-0.3, -0.25) is 9.59 Å². The Morgan fingerprint density at radius 2 is 1.45 bits per heavy atom. The first-order valence-electron chi connectivity index (χ1n) is 9.98. The lowest BCUT2D eigenvalue weighted by atomic mass is 10.1. The van der Waals surface area contributed by atoms with Crippen LogP contribution in [0.1, 0.15) is 31.8 Å². The fourth-order valence-electron chi connectivity index (χ4n) is 3.05. The minimum absolute atomic E-state index is 0.288. The maximum absolute atomic E-state index is 12.6. The molecule has 0 saturated heterocycles. The summed E-state index contributed by atoms with van der Waals surface area (Å²) in [5.41, 5.74) is 3.00. The van der Waals surface area contributed by atoms with Gasteiger partial charge in [0.15, 0.2) is 6.61 Å². The Bertz CT molecular complexity index is 1060. The minimum atomic E-state index is -0.569. The molecule has 0 heterocycles. The lowest BCUT2D eigenvalue weighted by Crippen LogP contribution is -2.28. The Kier molecular flexibility index (Phi) is 7.54. The molecule has 2 amide bonds. The zero-order valence-electron chi connectivity index (χ0n) is 17.3. The Morgan fingerprint density at radius 1 is 0.806 bits per heavy atom. The van der Waals surface area contributed by atoms with Gasteiger partial charge in [-0.2, -0.15) is 0 Å². The molecule has 0 aromatic heterocycles. The lowest BCUT2D eigenvalue weighted by molar-refractivity contribution is -0.119. The molecule has 0 fully saturated rings. The number of carbonyl (C=O) groups excluding carboxylic acids is 3. The highest BCUT2D eigenvalue weighted by Crippen LogP contribution is 2.15. The van der Waals surface area contributed by atoms with Crippen molar-refractivity contribution >= 4 is 23.5 Å². The van der Waals surface area contributed by atoms with Crippen molar-refractivity contribution in [1.82, 2.24) is 5.32 Å². The average molecular weight is 416 g/mol. The molecule has 3 aromatic rings. The molecule has 3 aromatic carbocycles. The van der Waals surface area contributed by atoms with Crippen LogP contribution < -0.4 is 10.6 Å². The molecular formula is C25H24N2O4. The quantitative estimate of drug-likeness (QED) is 0.548. The molecule has 0 bridgehead atoms. The molecule has 0 saturated carbocycles. The average Bonchev–Trinajstić information content (AvgIpc) is 2.79. The van der Waals surface area contributed by atoms with Crippen LogP contribution in [0.3, 0.4) is 0 Å². The number of rotatable bonds is 8. The van der Waals surface area contributed by atoms with E-state index in [1.807, 2.05) is 36.4 Å². The number of carbonyl (C=O) groups is 3. The minimum Gasteiger partial charge on any atom is -0.452 e. The molecule has 6 nitrogen and oxygen atoms in total. The second kappa shape index (κ2) is 10.7. The smallest absolute Gasteiger partial charge is 0.338 e. The third-order valence-corrected chi connectivity index (χ3v) is 4.69. The Labute approximate surface area is 181 Å². The van der Waals surface area contributed by atoms with Crippen molar-refractivity contribution in [1.29, 1.82) is 0 Å². The Hall–Kier alpha value is -3.93. The molecule has 0 aliphatic carbocycles. The van der Waals surface area contributed by atoms with Gasteiger partial charge in [-0.25, -0.2) is 4.79 Å². The standard InChI is InChI=1S/C25H24N2O4/c1-18-9-5-6-12-20(18)25(30)31-17-23(28)27-22-14-8-7-13-21(22)24(29)26-16-15-19-10-3-2-4-11-19/h2-14H,15-17H2,1H3,(H,26,29)(H,27,28). The monoisotopic (exact) mass is 416 g/mol. The van der Waals surface area contributed by atoms with Gasteiger partial charge in [0.25, 0.3) is 11.8 Å². The number of hydrogen-bond donors (Lipinski definition) is 2.